The van der Waals surface area contributed by atoms with Crippen molar-refractivity contribution in [3.05, 3.63) is 64.2 Å². The molecule has 1 saturated heterocycles. The molecule has 2 aliphatic heterocycles. The molecule has 2 heterocycles. The molecule has 5 rings (SSSR count). The third kappa shape index (κ3) is 6.59. The Hall–Kier alpha value is -1.57. The maximum atomic E-state index is 13.4. The number of carbonyl (C=O) groups excluding carboxylic acids is 2. The number of rotatable bonds is 3. The molecule has 0 spiro atoms. The molecule has 1 saturated carbocycles. The summed E-state index contributed by atoms with van der Waals surface area (Å²) in [6.07, 6.45) is 3.98. The first kappa shape index (κ1) is 28.0. The zero-order chi connectivity index (χ0) is 26.9. The van der Waals surface area contributed by atoms with E-state index in [0.717, 1.165) is 30.7 Å². The summed E-state index contributed by atoms with van der Waals surface area (Å²) in [4.78, 5) is 29.8. The molecule has 0 aromatic heterocycles. The van der Waals surface area contributed by atoms with Gasteiger partial charge in [0.1, 0.15) is 6.61 Å². The number of amides is 2. The fourth-order valence-corrected chi connectivity index (χ4v) is 6.95. The van der Waals surface area contributed by atoms with Gasteiger partial charge in [-0.25, -0.2) is 4.79 Å². The van der Waals surface area contributed by atoms with Crippen LogP contribution in [-0.2, 0) is 9.53 Å². The van der Waals surface area contributed by atoms with Crippen molar-refractivity contribution >= 4 is 75.7 Å². The van der Waals surface area contributed by atoms with E-state index in [1.807, 2.05) is 11.0 Å². The number of hydrogen-bond acceptors (Lipinski definition) is 4. The van der Waals surface area contributed by atoms with Crippen LogP contribution in [0.4, 0.5) is 4.79 Å². The van der Waals surface area contributed by atoms with E-state index in [-0.39, 0.29) is 24.5 Å². The lowest BCUT2D eigenvalue weighted by Gasteiger charge is -2.36. The highest BCUT2D eigenvalue weighted by Gasteiger charge is 2.33. The Morgan fingerprint density at radius 1 is 0.974 bits per heavy atom. The van der Waals surface area contributed by atoms with Gasteiger partial charge in [-0.05, 0) is 79.5 Å². The number of ether oxygens (including phenoxy) is 1. The molecular weight excluding hydrogens is 586 g/mol. The van der Waals surface area contributed by atoms with Gasteiger partial charge < -0.3 is 15.0 Å². The third-order valence-electron chi connectivity index (χ3n) is 7.38. The molecule has 2 fully saturated rings. The van der Waals surface area contributed by atoms with Crippen LogP contribution in [0.3, 0.4) is 0 Å². The van der Waals surface area contributed by atoms with Crippen LogP contribution in [0.5, 0.6) is 0 Å². The van der Waals surface area contributed by atoms with Gasteiger partial charge in [0.2, 0.25) is 9.70 Å². The van der Waals surface area contributed by atoms with Crippen molar-refractivity contribution in [2.75, 3.05) is 19.7 Å². The molecule has 10 heteroatoms. The number of nitrogens with zero attached hydrogens (tertiary/aromatic N) is 1. The molecule has 0 bridgehead atoms. The minimum absolute atomic E-state index is 0.0224. The van der Waals surface area contributed by atoms with Gasteiger partial charge in [0.05, 0.1) is 0 Å². The van der Waals surface area contributed by atoms with Crippen molar-refractivity contribution in [1.29, 1.82) is 0 Å². The quantitative estimate of drug-likeness (QED) is 0.305. The molecule has 3 aliphatic rings. The highest BCUT2D eigenvalue weighted by Crippen LogP contribution is 2.48. The van der Waals surface area contributed by atoms with Crippen LogP contribution in [0.15, 0.2) is 57.8 Å². The van der Waals surface area contributed by atoms with Gasteiger partial charge in [-0.15, -0.1) is 0 Å². The summed E-state index contributed by atoms with van der Waals surface area (Å²) in [5, 5.41) is 3.55. The summed E-state index contributed by atoms with van der Waals surface area (Å²) in [6.45, 7) is 1.11. The van der Waals surface area contributed by atoms with Crippen molar-refractivity contribution < 1.29 is 14.3 Å². The minimum Gasteiger partial charge on any atom is -0.445 e. The topological polar surface area (TPSA) is 58.6 Å². The van der Waals surface area contributed by atoms with Gasteiger partial charge in [0, 0.05) is 39.9 Å². The second-order valence-corrected chi connectivity index (χ2v) is 14.0. The third-order valence-corrected chi connectivity index (χ3v) is 9.10. The predicted molar refractivity (Wildman–Crippen MR) is 154 cm³/mol. The number of piperidine rings is 1. The maximum absolute atomic E-state index is 13.4. The van der Waals surface area contributed by atoms with Crippen molar-refractivity contribution in [3.8, 4) is 0 Å². The standard InChI is InChI=1S/C28H28Cl4N2O3S/c29-19-7-10-24-22(15-19)25(21-3-1-2-4-23(21)38-24)17-11-13-34(14-12-17)26(35)18-5-8-20(9-6-18)33-27(36)37-16-28(30,31)32/h1-4,7,10,15,18,20H,5-6,8-9,11-14,16H2,(H,33,36)/t18-,20-. The Kier molecular flexibility index (Phi) is 8.75. The number of fused-ring (bicyclic) bond motifs is 2. The van der Waals surface area contributed by atoms with E-state index in [1.54, 1.807) is 11.8 Å². The van der Waals surface area contributed by atoms with E-state index in [4.69, 9.17) is 51.1 Å². The van der Waals surface area contributed by atoms with E-state index in [2.05, 4.69) is 41.7 Å². The number of alkyl halides is 3. The number of alkyl carbamates (subject to hydrolysis) is 1. The Morgan fingerprint density at radius 3 is 2.37 bits per heavy atom. The summed E-state index contributed by atoms with van der Waals surface area (Å²) in [5.41, 5.74) is 5.10. The molecule has 2 aromatic carbocycles. The molecule has 2 aromatic rings. The first-order chi connectivity index (χ1) is 18.2. The smallest absolute Gasteiger partial charge is 0.407 e. The monoisotopic (exact) mass is 612 g/mol. The summed E-state index contributed by atoms with van der Waals surface area (Å²) in [7, 11) is 0. The highest BCUT2D eigenvalue weighted by atomic mass is 35.6. The molecule has 5 nitrogen and oxygen atoms in total. The fourth-order valence-electron chi connectivity index (χ4n) is 5.54. The SMILES string of the molecule is O=C(N[C@H]1CC[C@H](C(=O)N2CCC(=C3c4ccccc4Sc4ccc(Cl)cc43)CC2)CC1)OCC(Cl)(Cl)Cl. The molecule has 38 heavy (non-hydrogen) atoms. The Labute approximate surface area is 247 Å². The lowest BCUT2D eigenvalue weighted by atomic mass is 9.84. The molecule has 0 unspecified atom stereocenters. The largest absolute Gasteiger partial charge is 0.445 e. The van der Waals surface area contributed by atoms with Crippen LogP contribution >= 0.6 is 58.2 Å². The molecule has 0 atom stereocenters. The van der Waals surface area contributed by atoms with Gasteiger partial charge in [0.25, 0.3) is 0 Å². The van der Waals surface area contributed by atoms with E-state index < -0.39 is 9.89 Å². The van der Waals surface area contributed by atoms with Gasteiger partial charge in [0.15, 0.2) is 0 Å². The number of likely N-dealkylation sites (tertiary alicyclic amines) is 1. The molecule has 1 N–H and O–H groups in total. The number of benzene rings is 2. The van der Waals surface area contributed by atoms with Gasteiger partial charge in [-0.1, -0.05) is 81.9 Å². The number of hydrogen-bond donors (Lipinski definition) is 1. The number of carbonyl (C=O) groups is 2. The first-order valence-corrected chi connectivity index (χ1v) is 15.1. The van der Waals surface area contributed by atoms with Crippen LogP contribution in [0.25, 0.3) is 5.57 Å². The van der Waals surface area contributed by atoms with E-state index in [1.165, 1.54) is 32.1 Å². The number of nitrogens with one attached hydrogen (secondary N) is 1. The van der Waals surface area contributed by atoms with Crippen LogP contribution in [-0.4, -0.2) is 46.4 Å². The van der Waals surface area contributed by atoms with Crippen molar-refractivity contribution in [2.45, 2.75) is 58.2 Å². The molecule has 1 aliphatic carbocycles. The Morgan fingerprint density at radius 2 is 1.66 bits per heavy atom. The lowest BCUT2D eigenvalue weighted by molar-refractivity contribution is -0.137. The Balaban J connectivity index is 1.20. The van der Waals surface area contributed by atoms with E-state index >= 15 is 0 Å². The number of halogens is 4. The average molecular weight is 614 g/mol. The summed E-state index contributed by atoms with van der Waals surface area (Å²) in [5.74, 6) is 0.195. The predicted octanol–water partition coefficient (Wildman–Crippen LogP) is 7.88. The summed E-state index contributed by atoms with van der Waals surface area (Å²) in [6, 6.07) is 14.6. The second-order valence-electron chi connectivity index (χ2n) is 9.93. The van der Waals surface area contributed by atoms with Crippen LogP contribution in [0.1, 0.15) is 49.7 Å². The van der Waals surface area contributed by atoms with Gasteiger partial charge in [-0.2, -0.15) is 0 Å². The summed E-state index contributed by atoms with van der Waals surface area (Å²) < 4.78 is 3.32. The fraction of sp³-hybridized carbons (Fsp3) is 0.429. The van der Waals surface area contributed by atoms with Gasteiger partial charge in [-0.3, -0.25) is 4.79 Å². The molecular formula is C28H28Cl4N2O3S. The van der Waals surface area contributed by atoms with Crippen molar-refractivity contribution in [1.82, 2.24) is 10.2 Å². The van der Waals surface area contributed by atoms with Crippen molar-refractivity contribution in [2.24, 2.45) is 5.92 Å². The molecule has 202 valence electrons. The van der Waals surface area contributed by atoms with E-state index in [9.17, 15) is 9.59 Å². The minimum atomic E-state index is -1.64. The highest BCUT2D eigenvalue weighted by molar-refractivity contribution is 7.99. The first-order valence-electron chi connectivity index (χ1n) is 12.8. The second kappa shape index (κ2) is 11.9. The van der Waals surface area contributed by atoms with Crippen LogP contribution in [0.2, 0.25) is 5.02 Å². The zero-order valence-corrected chi connectivity index (χ0v) is 24.5. The lowest BCUT2D eigenvalue weighted by Crippen LogP contribution is -2.44. The summed E-state index contributed by atoms with van der Waals surface area (Å²) >= 11 is 25.1. The zero-order valence-electron chi connectivity index (χ0n) is 20.7. The maximum Gasteiger partial charge on any atom is 0.407 e. The van der Waals surface area contributed by atoms with Gasteiger partial charge >= 0.3 is 6.09 Å². The molecule has 2 amide bonds. The van der Waals surface area contributed by atoms with Crippen molar-refractivity contribution in [3.63, 3.8) is 0 Å². The van der Waals surface area contributed by atoms with E-state index in [0.29, 0.717) is 25.9 Å². The average Bonchev–Trinajstić information content (AvgIpc) is 2.90. The van der Waals surface area contributed by atoms with Crippen LogP contribution < -0.4 is 5.32 Å². The normalized spacial score (nSPS) is 21.4. The molecule has 0 radical (unpaired) electrons. The Bertz CT molecular complexity index is 1240. The van der Waals surface area contributed by atoms with Crippen LogP contribution in [0, 0.1) is 5.92 Å².